The quantitative estimate of drug-likeness (QED) is 0.843. The van der Waals surface area contributed by atoms with E-state index in [0.29, 0.717) is 12.1 Å². The molecule has 1 rings (SSSR count). The Morgan fingerprint density at radius 1 is 1.00 bits per heavy atom. The molecule has 1 aromatic carbocycles. The number of carbonyl (C=O) groups excluding carboxylic acids is 2. The highest BCUT2D eigenvalue weighted by atomic mass is 19.4. The highest BCUT2D eigenvalue weighted by Gasteiger charge is 2.38. The molecule has 0 radical (unpaired) electrons. The normalized spacial score (nSPS) is 12.4. The summed E-state index contributed by atoms with van der Waals surface area (Å²) in [6.07, 6.45) is -10.1. The van der Waals surface area contributed by atoms with Crippen LogP contribution in [-0.2, 0) is 17.1 Å². The lowest BCUT2D eigenvalue weighted by molar-refractivity contribution is -0.143. The van der Waals surface area contributed by atoms with Crippen molar-refractivity contribution in [1.82, 2.24) is 4.90 Å². The van der Waals surface area contributed by atoms with E-state index in [4.69, 9.17) is 5.73 Å². The molecule has 0 aromatic heterocycles. The van der Waals surface area contributed by atoms with Gasteiger partial charge in [0, 0.05) is 11.6 Å². The number of hydrogen-bond donors (Lipinski definition) is 1. The van der Waals surface area contributed by atoms with E-state index in [-0.39, 0.29) is 6.07 Å². The third kappa shape index (κ3) is 4.87. The van der Waals surface area contributed by atoms with Crippen LogP contribution in [0.4, 0.5) is 26.3 Å². The maximum absolute atomic E-state index is 12.8. The summed E-state index contributed by atoms with van der Waals surface area (Å²) in [4.78, 5) is 24.0. The molecule has 0 aliphatic rings. The maximum atomic E-state index is 12.8. The Morgan fingerprint density at radius 3 is 1.71 bits per heavy atom. The highest BCUT2D eigenvalue weighted by molar-refractivity contribution is 5.97. The molecule has 0 unspecified atom stereocenters. The first-order chi connectivity index (χ1) is 10.7. The van der Waals surface area contributed by atoms with E-state index >= 15 is 0 Å². The SMILES string of the molecule is CC(C)N(CC(N)=O)C(=O)c1cc(C(F)(F)F)cc(C(F)(F)F)c1. The first-order valence-electron chi connectivity index (χ1n) is 6.62. The number of amides is 2. The minimum atomic E-state index is -5.07. The van der Waals surface area contributed by atoms with E-state index < -0.39 is 53.4 Å². The topological polar surface area (TPSA) is 63.4 Å². The molecule has 4 nitrogen and oxygen atoms in total. The summed E-state index contributed by atoms with van der Waals surface area (Å²) in [5.41, 5.74) is 0.910. The fraction of sp³-hybridized carbons (Fsp3) is 0.429. The summed E-state index contributed by atoms with van der Waals surface area (Å²) in [7, 11) is 0. The zero-order valence-electron chi connectivity index (χ0n) is 12.6. The molecule has 24 heavy (non-hydrogen) atoms. The zero-order chi connectivity index (χ0) is 18.9. The van der Waals surface area contributed by atoms with Crippen molar-refractivity contribution < 1.29 is 35.9 Å². The maximum Gasteiger partial charge on any atom is 0.416 e. The second-order valence-corrected chi connectivity index (χ2v) is 5.29. The van der Waals surface area contributed by atoms with Crippen molar-refractivity contribution in [2.24, 2.45) is 5.73 Å². The Bertz CT molecular complexity index is 605. The van der Waals surface area contributed by atoms with Crippen LogP contribution in [0.2, 0.25) is 0 Å². The Kier molecular flexibility index (Phi) is 5.52. The lowest BCUT2D eigenvalue weighted by atomic mass is 10.0. The van der Waals surface area contributed by atoms with Crippen LogP contribution in [-0.4, -0.2) is 29.3 Å². The average Bonchev–Trinajstić information content (AvgIpc) is 2.41. The molecule has 0 bridgehead atoms. The summed E-state index contributed by atoms with van der Waals surface area (Å²) in [5, 5.41) is 0. The van der Waals surface area contributed by atoms with Crippen LogP contribution in [0.25, 0.3) is 0 Å². The van der Waals surface area contributed by atoms with Gasteiger partial charge < -0.3 is 10.6 Å². The molecule has 1 aromatic rings. The average molecular weight is 356 g/mol. The van der Waals surface area contributed by atoms with Crippen molar-refractivity contribution in [3.05, 3.63) is 34.9 Å². The predicted octanol–water partition coefficient (Wildman–Crippen LogP) is 3.06. The van der Waals surface area contributed by atoms with Gasteiger partial charge in [-0.3, -0.25) is 9.59 Å². The van der Waals surface area contributed by atoms with E-state index in [1.807, 2.05) is 0 Å². The molecule has 2 amide bonds. The van der Waals surface area contributed by atoms with Crippen molar-refractivity contribution in [3.8, 4) is 0 Å². The van der Waals surface area contributed by atoms with Crippen LogP contribution in [0, 0.1) is 0 Å². The van der Waals surface area contributed by atoms with Crippen LogP contribution >= 0.6 is 0 Å². The second-order valence-electron chi connectivity index (χ2n) is 5.29. The molecule has 2 N–H and O–H groups in total. The number of hydrogen-bond acceptors (Lipinski definition) is 2. The summed E-state index contributed by atoms with van der Waals surface area (Å²) in [6, 6.07) is -0.110. The molecule has 0 spiro atoms. The van der Waals surface area contributed by atoms with Crippen molar-refractivity contribution in [2.75, 3.05) is 6.54 Å². The lowest BCUT2D eigenvalue weighted by Crippen LogP contribution is -2.42. The van der Waals surface area contributed by atoms with Gasteiger partial charge in [0.05, 0.1) is 17.7 Å². The van der Waals surface area contributed by atoms with Crippen LogP contribution in [0.15, 0.2) is 18.2 Å². The Balaban J connectivity index is 3.45. The van der Waals surface area contributed by atoms with Gasteiger partial charge in [0.2, 0.25) is 5.91 Å². The van der Waals surface area contributed by atoms with Gasteiger partial charge >= 0.3 is 12.4 Å². The number of primary amides is 1. The van der Waals surface area contributed by atoms with E-state index in [9.17, 15) is 35.9 Å². The first kappa shape index (κ1) is 19.8. The van der Waals surface area contributed by atoms with E-state index in [1.165, 1.54) is 13.8 Å². The fourth-order valence-corrected chi connectivity index (χ4v) is 1.90. The predicted molar refractivity (Wildman–Crippen MR) is 71.8 cm³/mol. The van der Waals surface area contributed by atoms with Crippen molar-refractivity contribution >= 4 is 11.8 Å². The van der Waals surface area contributed by atoms with Gasteiger partial charge in [-0.15, -0.1) is 0 Å². The third-order valence-electron chi connectivity index (χ3n) is 3.05. The largest absolute Gasteiger partial charge is 0.416 e. The molecular formula is C14H14F6N2O2. The van der Waals surface area contributed by atoms with Crippen LogP contribution in [0.5, 0.6) is 0 Å². The molecule has 0 saturated carbocycles. The van der Waals surface area contributed by atoms with Crippen LogP contribution in [0.3, 0.4) is 0 Å². The number of rotatable bonds is 4. The van der Waals surface area contributed by atoms with Gasteiger partial charge in [-0.2, -0.15) is 26.3 Å². The monoisotopic (exact) mass is 356 g/mol. The summed E-state index contributed by atoms with van der Waals surface area (Å²) < 4.78 is 76.8. The van der Waals surface area contributed by atoms with E-state index in [1.54, 1.807) is 0 Å². The highest BCUT2D eigenvalue weighted by Crippen LogP contribution is 2.36. The van der Waals surface area contributed by atoms with Crippen LogP contribution in [0.1, 0.15) is 35.3 Å². The van der Waals surface area contributed by atoms with Gasteiger partial charge in [0.15, 0.2) is 0 Å². The molecule has 10 heteroatoms. The molecular weight excluding hydrogens is 342 g/mol. The number of nitrogens with zero attached hydrogens (tertiary/aromatic N) is 1. The Hall–Kier alpha value is -2.26. The number of halogens is 6. The molecule has 0 aliphatic carbocycles. The number of carbonyl (C=O) groups is 2. The van der Waals surface area contributed by atoms with Gasteiger partial charge in [-0.25, -0.2) is 0 Å². The first-order valence-corrected chi connectivity index (χ1v) is 6.62. The van der Waals surface area contributed by atoms with Crippen molar-refractivity contribution in [3.63, 3.8) is 0 Å². The lowest BCUT2D eigenvalue weighted by Gasteiger charge is -2.26. The fourth-order valence-electron chi connectivity index (χ4n) is 1.90. The minimum absolute atomic E-state index is 0.0788. The van der Waals surface area contributed by atoms with E-state index in [0.717, 1.165) is 4.90 Å². The van der Waals surface area contributed by atoms with Gasteiger partial charge in [0.25, 0.3) is 5.91 Å². The van der Waals surface area contributed by atoms with Crippen molar-refractivity contribution in [2.45, 2.75) is 32.2 Å². The van der Waals surface area contributed by atoms with E-state index in [2.05, 4.69) is 0 Å². The molecule has 0 saturated heterocycles. The van der Waals surface area contributed by atoms with Crippen molar-refractivity contribution in [1.29, 1.82) is 0 Å². The standard InChI is InChI=1S/C14H14F6N2O2/c1-7(2)22(6-11(21)23)12(24)8-3-9(13(15,16)17)5-10(4-8)14(18,19)20/h3-5,7H,6H2,1-2H3,(H2,21,23). The smallest absolute Gasteiger partial charge is 0.368 e. The van der Waals surface area contributed by atoms with Gasteiger partial charge in [-0.1, -0.05) is 0 Å². The Morgan fingerprint density at radius 2 is 1.42 bits per heavy atom. The molecule has 0 atom stereocenters. The summed E-state index contributed by atoms with van der Waals surface area (Å²) in [6.45, 7) is 2.26. The van der Waals surface area contributed by atoms with Gasteiger partial charge in [0.1, 0.15) is 0 Å². The summed E-state index contributed by atoms with van der Waals surface area (Å²) in [5.74, 6) is -2.10. The van der Waals surface area contributed by atoms with Gasteiger partial charge in [-0.05, 0) is 32.0 Å². The zero-order valence-corrected chi connectivity index (χ0v) is 12.6. The number of nitrogens with two attached hydrogens (primary N) is 1. The Labute approximate surface area is 133 Å². The number of alkyl halides is 6. The second kappa shape index (κ2) is 6.70. The molecule has 0 heterocycles. The molecule has 134 valence electrons. The van der Waals surface area contributed by atoms with Crippen LogP contribution < -0.4 is 5.73 Å². The molecule has 0 fully saturated rings. The third-order valence-corrected chi connectivity index (χ3v) is 3.05. The summed E-state index contributed by atoms with van der Waals surface area (Å²) >= 11 is 0. The number of benzene rings is 1. The molecule has 0 aliphatic heterocycles. The minimum Gasteiger partial charge on any atom is -0.368 e.